The number of hydrogen-bond acceptors (Lipinski definition) is 4. The second-order valence-corrected chi connectivity index (χ2v) is 5.58. The van der Waals surface area contributed by atoms with Crippen LogP contribution in [0.25, 0.3) is 0 Å². The number of nitrogens with zero attached hydrogens (tertiary/aromatic N) is 1. The first-order valence-corrected chi connectivity index (χ1v) is 7.26. The van der Waals surface area contributed by atoms with Gasteiger partial charge in [0.15, 0.2) is 5.78 Å². The summed E-state index contributed by atoms with van der Waals surface area (Å²) in [5.74, 6) is -0.0247. The number of hydrogen-bond donors (Lipinski definition) is 1. The van der Waals surface area contributed by atoms with Crippen LogP contribution in [0, 0.1) is 0 Å². The van der Waals surface area contributed by atoms with E-state index < -0.39 is 0 Å². The van der Waals surface area contributed by atoms with Gasteiger partial charge in [-0.15, -0.1) is 11.3 Å². The molecule has 0 saturated carbocycles. The normalized spacial score (nSPS) is 19.2. The molecule has 1 atom stereocenters. The zero-order valence-electron chi connectivity index (χ0n) is 11.8. The predicted molar refractivity (Wildman–Crippen MR) is 77.6 cm³/mol. The minimum atomic E-state index is -0.348. The van der Waals surface area contributed by atoms with Crippen LogP contribution in [-0.4, -0.2) is 37.0 Å². The van der Waals surface area contributed by atoms with Crippen molar-refractivity contribution in [3.05, 3.63) is 33.7 Å². The fourth-order valence-electron chi connectivity index (χ4n) is 2.36. The van der Waals surface area contributed by atoms with Gasteiger partial charge in [-0.2, -0.15) is 0 Å². The van der Waals surface area contributed by atoms with Gasteiger partial charge in [0, 0.05) is 23.3 Å². The number of ether oxygens (including phenoxy) is 1. The number of thiophene rings is 1. The Labute approximate surface area is 122 Å². The Balaban J connectivity index is 2.40. The van der Waals surface area contributed by atoms with E-state index in [-0.39, 0.29) is 17.9 Å². The average Bonchev–Trinajstić information content (AvgIpc) is 2.91. The molecule has 5 nitrogen and oxygen atoms in total. The number of carbonyl (C=O) groups excluding carboxylic acids is 2. The Hall–Kier alpha value is -1.66. The zero-order valence-corrected chi connectivity index (χ0v) is 12.6. The molecule has 0 radical (unpaired) electrons. The molecule has 1 N–H and O–H groups in total. The summed E-state index contributed by atoms with van der Waals surface area (Å²) >= 11 is 1.53. The quantitative estimate of drug-likeness (QED) is 0.906. The molecule has 0 fully saturated rings. The van der Waals surface area contributed by atoms with E-state index in [1.807, 2.05) is 24.4 Å². The van der Waals surface area contributed by atoms with E-state index in [0.717, 1.165) is 4.88 Å². The number of methoxy groups -OCH3 is 1. The summed E-state index contributed by atoms with van der Waals surface area (Å²) in [7, 11) is 1.58. The number of carbonyl (C=O) groups is 2. The summed E-state index contributed by atoms with van der Waals surface area (Å²) < 4.78 is 5.01. The molecular formula is C14H18N2O3S. The van der Waals surface area contributed by atoms with Crippen molar-refractivity contribution in [2.75, 3.05) is 20.3 Å². The molecule has 2 heterocycles. The van der Waals surface area contributed by atoms with Crippen molar-refractivity contribution in [3.8, 4) is 0 Å². The smallest absolute Gasteiger partial charge is 0.322 e. The molecule has 0 aromatic carbocycles. The lowest BCUT2D eigenvalue weighted by molar-refractivity contribution is -0.114. The largest absolute Gasteiger partial charge is 0.383 e. The van der Waals surface area contributed by atoms with Crippen LogP contribution < -0.4 is 5.32 Å². The van der Waals surface area contributed by atoms with Crippen molar-refractivity contribution in [1.29, 1.82) is 0 Å². The fraction of sp³-hybridized carbons (Fsp3) is 0.429. The number of allylic oxidation sites excluding steroid dienone is 1. The highest BCUT2D eigenvalue weighted by atomic mass is 32.1. The van der Waals surface area contributed by atoms with Gasteiger partial charge < -0.3 is 10.1 Å². The van der Waals surface area contributed by atoms with E-state index in [2.05, 4.69) is 5.32 Å². The first-order valence-electron chi connectivity index (χ1n) is 6.38. The summed E-state index contributed by atoms with van der Waals surface area (Å²) in [5, 5.41) is 4.84. The predicted octanol–water partition coefficient (Wildman–Crippen LogP) is 2.32. The Bertz CT molecular complexity index is 537. The van der Waals surface area contributed by atoms with Crippen LogP contribution in [0.3, 0.4) is 0 Å². The molecule has 1 aromatic rings. The number of rotatable bonds is 5. The van der Waals surface area contributed by atoms with E-state index >= 15 is 0 Å². The maximum absolute atomic E-state index is 12.2. The van der Waals surface area contributed by atoms with Crippen LogP contribution >= 0.6 is 11.3 Å². The molecule has 6 heteroatoms. The molecule has 0 spiro atoms. The van der Waals surface area contributed by atoms with Gasteiger partial charge in [0.05, 0.1) is 19.2 Å². The molecule has 0 unspecified atom stereocenters. The van der Waals surface area contributed by atoms with Crippen molar-refractivity contribution in [1.82, 2.24) is 10.2 Å². The van der Waals surface area contributed by atoms with Gasteiger partial charge in [-0.1, -0.05) is 6.07 Å². The minimum absolute atomic E-state index is 0.0247. The van der Waals surface area contributed by atoms with Gasteiger partial charge in [-0.05, 0) is 25.3 Å². The Morgan fingerprint density at radius 3 is 2.85 bits per heavy atom. The Morgan fingerprint density at radius 2 is 2.30 bits per heavy atom. The van der Waals surface area contributed by atoms with Gasteiger partial charge in [0.25, 0.3) is 0 Å². The van der Waals surface area contributed by atoms with Crippen molar-refractivity contribution in [3.63, 3.8) is 0 Å². The third-order valence-electron chi connectivity index (χ3n) is 3.32. The molecule has 2 amide bonds. The summed E-state index contributed by atoms with van der Waals surface area (Å²) in [5.41, 5.74) is 1.35. The van der Waals surface area contributed by atoms with E-state index in [4.69, 9.17) is 4.74 Å². The number of nitrogens with one attached hydrogen (secondary N) is 1. The van der Waals surface area contributed by atoms with Crippen LogP contribution in [0.15, 0.2) is 28.8 Å². The lowest BCUT2D eigenvalue weighted by atomic mass is 9.97. The zero-order chi connectivity index (χ0) is 14.7. The maximum Gasteiger partial charge on any atom is 0.322 e. The highest BCUT2D eigenvalue weighted by Crippen LogP contribution is 2.32. The van der Waals surface area contributed by atoms with Crippen molar-refractivity contribution < 1.29 is 14.3 Å². The fourth-order valence-corrected chi connectivity index (χ4v) is 3.14. The molecule has 0 saturated heterocycles. The average molecular weight is 294 g/mol. The lowest BCUT2D eigenvalue weighted by Crippen LogP contribution is -2.48. The molecule has 1 aromatic heterocycles. The van der Waals surface area contributed by atoms with Gasteiger partial charge in [-0.25, -0.2) is 4.79 Å². The summed E-state index contributed by atoms with van der Waals surface area (Å²) in [6.07, 6.45) is 0. The number of amides is 2. The molecule has 108 valence electrons. The van der Waals surface area contributed by atoms with Gasteiger partial charge in [0.1, 0.15) is 0 Å². The third-order valence-corrected chi connectivity index (χ3v) is 4.26. The second-order valence-electron chi connectivity index (χ2n) is 4.60. The Kier molecular flexibility index (Phi) is 4.57. The Morgan fingerprint density at radius 1 is 1.55 bits per heavy atom. The lowest BCUT2D eigenvalue weighted by Gasteiger charge is -2.34. The molecule has 2 rings (SSSR count). The van der Waals surface area contributed by atoms with Crippen molar-refractivity contribution in [2.24, 2.45) is 0 Å². The number of urea groups is 1. The molecule has 0 bridgehead atoms. The molecular weight excluding hydrogens is 276 g/mol. The molecule has 0 aliphatic carbocycles. The van der Waals surface area contributed by atoms with Crippen LogP contribution in [-0.2, 0) is 9.53 Å². The van der Waals surface area contributed by atoms with E-state index in [0.29, 0.717) is 24.4 Å². The van der Waals surface area contributed by atoms with Crippen LogP contribution in [0.1, 0.15) is 24.8 Å². The molecule has 20 heavy (non-hydrogen) atoms. The van der Waals surface area contributed by atoms with Crippen LogP contribution in [0.2, 0.25) is 0 Å². The van der Waals surface area contributed by atoms with E-state index in [9.17, 15) is 9.59 Å². The van der Waals surface area contributed by atoms with E-state index in [1.54, 1.807) is 12.0 Å². The van der Waals surface area contributed by atoms with Crippen LogP contribution in [0.4, 0.5) is 4.79 Å². The van der Waals surface area contributed by atoms with Gasteiger partial charge in [-0.3, -0.25) is 9.69 Å². The molecule has 1 aliphatic heterocycles. The maximum atomic E-state index is 12.2. The first-order chi connectivity index (χ1) is 9.56. The van der Waals surface area contributed by atoms with Crippen LogP contribution in [0.5, 0.6) is 0 Å². The monoisotopic (exact) mass is 294 g/mol. The van der Waals surface area contributed by atoms with E-state index in [1.165, 1.54) is 18.3 Å². The minimum Gasteiger partial charge on any atom is -0.383 e. The van der Waals surface area contributed by atoms with Gasteiger partial charge in [0.2, 0.25) is 0 Å². The van der Waals surface area contributed by atoms with Crippen molar-refractivity contribution >= 4 is 23.2 Å². The summed E-state index contributed by atoms with van der Waals surface area (Å²) in [6.45, 7) is 4.21. The SMILES string of the molecule is COCCN1C(=O)N[C@@H](c2cccs2)C(C(C)=O)=C1C. The van der Waals surface area contributed by atoms with Gasteiger partial charge >= 0.3 is 6.03 Å². The highest BCUT2D eigenvalue weighted by Gasteiger charge is 2.34. The number of ketones is 1. The number of Topliss-reactive ketones (excluding diaryl/α,β-unsaturated/α-hetero) is 1. The topological polar surface area (TPSA) is 58.6 Å². The summed E-state index contributed by atoms with van der Waals surface area (Å²) in [6, 6.07) is 3.30. The standard InChI is InChI=1S/C14H18N2O3S/c1-9-12(10(2)17)13(11-5-4-8-20-11)15-14(18)16(9)6-7-19-3/h4-5,8,13H,6-7H2,1-3H3,(H,15,18)/t13-/m0/s1. The summed E-state index contributed by atoms with van der Waals surface area (Å²) in [4.78, 5) is 26.7. The first kappa shape index (κ1) is 14.7. The second kappa shape index (κ2) is 6.19. The third kappa shape index (κ3) is 2.76. The molecule has 1 aliphatic rings. The van der Waals surface area contributed by atoms with Crippen molar-refractivity contribution in [2.45, 2.75) is 19.9 Å². The highest BCUT2D eigenvalue weighted by molar-refractivity contribution is 7.10.